The van der Waals surface area contributed by atoms with Crippen molar-refractivity contribution in [1.29, 1.82) is 0 Å². The van der Waals surface area contributed by atoms with Crippen molar-refractivity contribution in [2.45, 2.75) is 32.7 Å². The Hall–Kier alpha value is -2.54. The van der Waals surface area contributed by atoms with Crippen LogP contribution in [0.2, 0.25) is 0 Å². The van der Waals surface area contributed by atoms with Gasteiger partial charge in [-0.1, -0.05) is 6.07 Å². The Morgan fingerprint density at radius 3 is 2.81 bits per heavy atom. The molecule has 0 saturated heterocycles. The average Bonchev–Trinajstić information content (AvgIpc) is 3.39. The van der Waals surface area contributed by atoms with Gasteiger partial charge in [0.25, 0.3) is 11.5 Å². The van der Waals surface area contributed by atoms with Gasteiger partial charge >= 0.3 is 0 Å². The summed E-state index contributed by atoms with van der Waals surface area (Å²) in [6.07, 6.45) is 3.67. The maximum absolute atomic E-state index is 13.0. The molecule has 0 spiro atoms. The maximum Gasteiger partial charge on any atom is 0.262 e. The number of thiophene rings is 1. The van der Waals surface area contributed by atoms with Crippen molar-refractivity contribution < 1.29 is 4.79 Å². The highest BCUT2D eigenvalue weighted by molar-refractivity contribution is 7.20. The number of aryl methyl sites for hydroxylation is 3. The number of carbonyl (C=O) groups is 1. The van der Waals surface area contributed by atoms with Gasteiger partial charge in [0.15, 0.2) is 0 Å². The number of rotatable bonds is 4. The molecule has 0 radical (unpaired) electrons. The number of aromatic nitrogens is 3. The van der Waals surface area contributed by atoms with Crippen LogP contribution < -0.4 is 10.9 Å². The Morgan fingerprint density at radius 2 is 2.12 bits per heavy atom. The second-order valence-corrected chi connectivity index (χ2v) is 7.89. The largest absolute Gasteiger partial charge is 0.343 e. The molecule has 1 amide bonds. The van der Waals surface area contributed by atoms with Crippen LogP contribution in [-0.2, 0) is 7.05 Å². The third kappa shape index (κ3) is 2.92. The molecule has 1 aliphatic carbocycles. The number of hydrogen-bond acceptors (Lipinski definition) is 5. The van der Waals surface area contributed by atoms with Crippen LogP contribution in [0.4, 0.5) is 0 Å². The first kappa shape index (κ1) is 16.9. The van der Waals surface area contributed by atoms with E-state index in [4.69, 9.17) is 0 Å². The zero-order chi connectivity index (χ0) is 18.4. The van der Waals surface area contributed by atoms with Gasteiger partial charge in [-0.25, -0.2) is 4.98 Å². The van der Waals surface area contributed by atoms with Crippen molar-refractivity contribution in [3.63, 3.8) is 0 Å². The summed E-state index contributed by atoms with van der Waals surface area (Å²) in [6.45, 7) is 3.76. The summed E-state index contributed by atoms with van der Waals surface area (Å²) in [5.74, 6) is 0.265. The molecule has 0 unspecified atom stereocenters. The maximum atomic E-state index is 13.0. The lowest BCUT2D eigenvalue weighted by atomic mass is 10.1. The molecule has 3 heterocycles. The lowest BCUT2D eigenvalue weighted by Gasteiger charge is -2.18. The summed E-state index contributed by atoms with van der Waals surface area (Å²) in [5.41, 5.74) is 2.41. The van der Waals surface area contributed by atoms with Gasteiger partial charge in [-0.05, 0) is 50.3 Å². The number of pyridine rings is 1. The van der Waals surface area contributed by atoms with Crippen LogP contribution in [0.5, 0.6) is 0 Å². The van der Waals surface area contributed by atoms with Gasteiger partial charge in [0.2, 0.25) is 0 Å². The molecule has 6 nitrogen and oxygen atoms in total. The van der Waals surface area contributed by atoms with E-state index in [0.29, 0.717) is 26.6 Å². The Balaban J connectivity index is 1.69. The topological polar surface area (TPSA) is 76.9 Å². The molecule has 4 rings (SSSR count). The van der Waals surface area contributed by atoms with E-state index >= 15 is 0 Å². The Morgan fingerprint density at radius 1 is 1.35 bits per heavy atom. The van der Waals surface area contributed by atoms with E-state index < -0.39 is 0 Å². The van der Waals surface area contributed by atoms with E-state index in [1.54, 1.807) is 7.05 Å². The summed E-state index contributed by atoms with van der Waals surface area (Å²) < 4.78 is 1.44. The van der Waals surface area contributed by atoms with Gasteiger partial charge in [-0.15, -0.1) is 11.3 Å². The molecule has 1 atom stereocenters. The van der Waals surface area contributed by atoms with E-state index in [9.17, 15) is 9.59 Å². The molecular weight excluding hydrogens is 348 g/mol. The van der Waals surface area contributed by atoms with Crippen molar-refractivity contribution in [3.8, 4) is 0 Å². The number of carbonyl (C=O) groups excluding carboxylic acids is 1. The molecule has 1 fully saturated rings. The highest BCUT2D eigenvalue weighted by Gasteiger charge is 2.35. The van der Waals surface area contributed by atoms with Crippen LogP contribution in [0.3, 0.4) is 0 Å². The van der Waals surface area contributed by atoms with E-state index in [2.05, 4.69) is 15.3 Å². The van der Waals surface area contributed by atoms with Crippen LogP contribution in [0.15, 0.2) is 29.3 Å². The first-order valence-electron chi connectivity index (χ1n) is 8.65. The highest BCUT2D eigenvalue weighted by Crippen LogP contribution is 2.41. The van der Waals surface area contributed by atoms with E-state index in [1.807, 2.05) is 32.0 Å². The standard InChI is InChI=1S/C19H20N4O2S/c1-10-5-4-6-13(21-10)15(12-7-8-12)22-17(24)16-11(2)14-18(26-16)20-9-23(3)19(14)25/h4-6,9,12,15H,7-8H2,1-3H3,(H,22,24)/t15-/m0/s1. The molecule has 1 N–H and O–H groups in total. The minimum atomic E-state index is -0.159. The summed E-state index contributed by atoms with van der Waals surface area (Å²) in [7, 11) is 1.66. The lowest BCUT2D eigenvalue weighted by molar-refractivity contribution is 0.0934. The van der Waals surface area contributed by atoms with Crippen LogP contribution in [0.25, 0.3) is 10.2 Å². The second-order valence-electron chi connectivity index (χ2n) is 6.89. The SMILES string of the molecule is Cc1cccc([C@@H](NC(=O)c2sc3ncn(C)c(=O)c3c2C)C2CC2)n1. The van der Waals surface area contributed by atoms with Crippen molar-refractivity contribution in [1.82, 2.24) is 19.9 Å². The first-order chi connectivity index (χ1) is 12.5. The van der Waals surface area contributed by atoms with Gasteiger partial charge in [-0.3, -0.25) is 14.6 Å². The molecule has 3 aromatic rings. The fourth-order valence-corrected chi connectivity index (χ4v) is 4.27. The molecule has 0 bridgehead atoms. The van der Waals surface area contributed by atoms with Gasteiger partial charge < -0.3 is 9.88 Å². The fourth-order valence-electron chi connectivity index (χ4n) is 3.23. The number of nitrogens with zero attached hydrogens (tertiary/aromatic N) is 3. The summed E-state index contributed by atoms with van der Waals surface area (Å²) in [5, 5.41) is 3.68. The van der Waals surface area contributed by atoms with E-state index in [0.717, 1.165) is 24.2 Å². The predicted molar refractivity (Wildman–Crippen MR) is 102 cm³/mol. The van der Waals surface area contributed by atoms with E-state index in [-0.39, 0.29) is 17.5 Å². The number of fused-ring (bicyclic) bond motifs is 1. The Labute approximate surface area is 154 Å². The van der Waals surface area contributed by atoms with Crippen molar-refractivity contribution >= 4 is 27.5 Å². The third-order valence-electron chi connectivity index (χ3n) is 4.83. The summed E-state index contributed by atoms with van der Waals surface area (Å²) in [4.78, 5) is 35.4. The van der Waals surface area contributed by atoms with E-state index in [1.165, 1.54) is 22.2 Å². The zero-order valence-electron chi connectivity index (χ0n) is 14.9. The van der Waals surface area contributed by atoms with Crippen LogP contribution in [-0.4, -0.2) is 20.4 Å². The van der Waals surface area contributed by atoms with Crippen LogP contribution in [0, 0.1) is 19.8 Å². The first-order valence-corrected chi connectivity index (χ1v) is 9.46. The summed E-state index contributed by atoms with van der Waals surface area (Å²) >= 11 is 1.27. The van der Waals surface area contributed by atoms with Gasteiger partial charge in [0, 0.05) is 12.7 Å². The number of hydrogen-bond donors (Lipinski definition) is 1. The smallest absolute Gasteiger partial charge is 0.262 e. The average molecular weight is 368 g/mol. The molecule has 0 aliphatic heterocycles. The van der Waals surface area contributed by atoms with Gasteiger partial charge in [0.05, 0.1) is 28.3 Å². The van der Waals surface area contributed by atoms with Gasteiger partial charge in [0.1, 0.15) is 4.83 Å². The third-order valence-corrected chi connectivity index (χ3v) is 6.02. The Bertz CT molecular complexity index is 1070. The monoisotopic (exact) mass is 368 g/mol. The molecule has 1 saturated carbocycles. The molecule has 1 aliphatic rings. The van der Waals surface area contributed by atoms with Crippen molar-refractivity contribution in [3.05, 3.63) is 56.7 Å². The molecular formula is C19H20N4O2S. The highest BCUT2D eigenvalue weighted by atomic mass is 32.1. The summed E-state index contributed by atoms with van der Waals surface area (Å²) in [6, 6.07) is 5.79. The lowest BCUT2D eigenvalue weighted by Crippen LogP contribution is -2.30. The number of nitrogens with one attached hydrogen (secondary N) is 1. The quantitative estimate of drug-likeness (QED) is 0.768. The predicted octanol–water partition coefficient (Wildman–Crippen LogP) is 2.89. The van der Waals surface area contributed by atoms with Crippen molar-refractivity contribution in [2.24, 2.45) is 13.0 Å². The minimum absolute atomic E-state index is 0.0946. The van der Waals surface area contributed by atoms with Crippen molar-refractivity contribution in [2.75, 3.05) is 0 Å². The molecule has 7 heteroatoms. The molecule has 0 aromatic carbocycles. The fraction of sp³-hybridized carbons (Fsp3) is 0.368. The van der Waals surface area contributed by atoms with Crippen LogP contribution >= 0.6 is 11.3 Å². The molecule has 26 heavy (non-hydrogen) atoms. The number of amides is 1. The zero-order valence-corrected chi connectivity index (χ0v) is 15.8. The minimum Gasteiger partial charge on any atom is -0.343 e. The van der Waals surface area contributed by atoms with Crippen LogP contribution in [0.1, 0.15) is 45.5 Å². The Kier molecular flexibility index (Phi) is 4.11. The van der Waals surface area contributed by atoms with Gasteiger partial charge in [-0.2, -0.15) is 0 Å². The molecule has 3 aromatic heterocycles. The normalized spacial score (nSPS) is 15.2. The molecule has 134 valence electrons. The second kappa shape index (κ2) is 6.32.